The lowest BCUT2D eigenvalue weighted by atomic mass is 9.81. The summed E-state index contributed by atoms with van der Waals surface area (Å²) in [6, 6.07) is -0.544. The van der Waals surface area contributed by atoms with Gasteiger partial charge in [0.25, 0.3) is 0 Å². The predicted molar refractivity (Wildman–Crippen MR) is 44.1 cm³/mol. The first-order valence-electron chi connectivity index (χ1n) is 3.83. The lowest BCUT2D eigenvalue weighted by molar-refractivity contribution is -0.138. The smallest absolute Gasteiger partial charge is 0.328 e. The van der Waals surface area contributed by atoms with Crippen molar-refractivity contribution in [2.45, 2.75) is 31.7 Å². The molecule has 1 saturated carbocycles. The maximum absolute atomic E-state index is 10.5. The molecule has 0 aromatic heterocycles. The van der Waals surface area contributed by atoms with Crippen LogP contribution in [0.1, 0.15) is 25.7 Å². The van der Waals surface area contributed by atoms with Gasteiger partial charge in [-0.3, -0.25) is 4.74 Å². The number of hydrogen-bond acceptors (Lipinski definition) is 2. The molecule has 1 fully saturated rings. The monoisotopic (exact) mass is 173 g/mol. The van der Waals surface area contributed by atoms with Crippen LogP contribution >= 0.6 is 9.03 Å². The zero-order valence-corrected chi connectivity index (χ0v) is 7.29. The molecule has 0 aliphatic heterocycles. The number of hydrogen-bond donors (Lipinski definition) is 1. The normalized spacial score (nSPS) is 20.4. The van der Waals surface area contributed by atoms with Gasteiger partial charge in [-0.05, 0) is 21.4 Å². The van der Waals surface area contributed by atoms with Crippen LogP contribution in [-0.4, -0.2) is 17.1 Å². The van der Waals surface area contributed by atoms with Crippen molar-refractivity contribution in [3.05, 3.63) is 0 Å². The minimum atomic E-state index is -0.827. The van der Waals surface area contributed by atoms with Gasteiger partial charge in [-0.2, -0.15) is 0 Å². The quantitative estimate of drug-likeness (QED) is 0.660. The summed E-state index contributed by atoms with van der Waals surface area (Å²) in [5.74, 6) is -0.233. The summed E-state index contributed by atoms with van der Waals surface area (Å²) in [6.45, 7) is 0. The maximum atomic E-state index is 10.5. The molecule has 62 valence electrons. The fraction of sp³-hybridized carbons (Fsp3) is 0.857. The maximum Gasteiger partial charge on any atom is 0.328 e. The van der Waals surface area contributed by atoms with E-state index < -0.39 is 12.0 Å². The molecule has 0 saturated heterocycles. The second kappa shape index (κ2) is 3.82. The predicted octanol–water partition coefficient (Wildman–Crippen LogP) is 1.96. The van der Waals surface area contributed by atoms with Gasteiger partial charge < -0.3 is 5.11 Å². The van der Waals surface area contributed by atoms with Crippen LogP contribution < -0.4 is 0 Å². The second-order valence-corrected chi connectivity index (χ2v) is 3.27. The van der Waals surface area contributed by atoms with Crippen molar-refractivity contribution in [2.75, 3.05) is 0 Å². The SMILES string of the molecule is O=C(O)C(CC1CCC1)N=P. The van der Waals surface area contributed by atoms with Crippen LogP contribution in [0.5, 0.6) is 0 Å². The number of aliphatic carboxylic acids is 1. The fourth-order valence-electron chi connectivity index (χ4n) is 1.25. The van der Waals surface area contributed by atoms with E-state index in [1.165, 1.54) is 19.3 Å². The highest BCUT2D eigenvalue weighted by Gasteiger charge is 2.25. The van der Waals surface area contributed by atoms with Crippen molar-refractivity contribution in [1.82, 2.24) is 0 Å². The Kier molecular flexibility index (Phi) is 3.01. The third-order valence-corrected chi connectivity index (χ3v) is 2.53. The average Bonchev–Trinajstić information content (AvgIpc) is 1.85. The van der Waals surface area contributed by atoms with Crippen molar-refractivity contribution in [1.29, 1.82) is 0 Å². The van der Waals surface area contributed by atoms with Gasteiger partial charge in [0.05, 0.1) is 0 Å². The molecule has 0 aromatic rings. The van der Waals surface area contributed by atoms with Crippen molar-refractivity contribution >= 4 is 15.0 Å². The molecular weight excluding hydrogens is 161 g/mol. The Morgan fingerprint density at radius 2 is 2.36 bits per heavy atom. The molecule has 1 N–H and O–H groups in total. The molecular formula is C7H12NO2P. The average molecular weight is 173 g/mol. The van der Waals surface area contributed by atoms with Crippen LogP contribution in [0.3, 0.4) is 0 Å². The van der Waals surface area contributed by atoms with Crippen LogP contribution in [0.4, 0.5) is 0 Å². The Bertz CT molecular complexity index is 168. The van der Waals surface area contributed by atoms with E-state index in [1.807, 2.05) is 0 Å². The largest absolute Gasteiger partial charge is 0.480 e. The van der Waals surface area contributed by atoms with Gasteiger partial charge in [-0.15, -0.1) is 0 Å². The molecule has 1 aliphatic rings. The van der Waals surface area contributed by atoms with E-state index in [0.717, 1.165) is 0 Å². The molecule has 4 heteroatoms. The first-order valence-corrected chi connectivity index (χ1v) is 4.28. The zero-order chi connectivity index (χ0) is 8.27. The van der Waals surface area contributed by atoms with Gasteiger partial charge in [0.2, 0.25) is 0 Å². The van der Waals surface area contributed by atoms with E-state index in [1.54, 1.807) is 0 Å². The number of carboxylic acids is 1. The van der Waals surface area contributed by atoms with E-state index in [0.29, 0.717) is 12.3 Å². The number of rotatable bonds is 4. The summed E-state index contributed by atoms with van der Waals surface area (Å²) in [6.07, 6.45) is 4.29. The minimum absolute atomic E-state index is 0.544. The first-order chi connectivity index (χ1) is 5.24. The molecule has 1 atom stereocenters. The molecule has 0 aromatic carbocycles. The molecule has 0 spiro atoms. The second-order valence-electron chi connectivity index (χ2n) is 3.02. The number of carboxylic acid groups (broad SMARTS) is 1. The van der Waals surface area contributed by atoms with Gasteiger partial charge >= 0.3 is 5.97 Å². The van der Waals surface area contributed by atoms with Crippen LogP contribution in [0, 0.1) is 5.92 Å². The fourth-order valence-corrected chi connectivity index (χ4v) is 1.47. The number of nitrogens with zero attached hydrogens (tertiary/aromatic N) is 1. The third kappa shape index (κ3) is 2.26. The molecule has 1 unspecified atom stereocenters. The lowest BCUT2D eigenvalue weighted by Crippen LogP contribution is -2.24. The van der Waals surface area contributed by atoms with Crippen molar-refractivity contribution < 1.29 is 9.90 Å². The molecule has 0 radical (unpaired) electrons. The minimum Gasteiger partial charge on any atom is -0.480 e. The van der Waals surface area contributed by atoms with E-state index in [2.05, 4.69) is 13.8 Å². The van der Waals surface area contributed by atoms with E-state index in [9.17, 15) is 4.79 Å². The molecule has 0 bridgehead atoms. The van der Waals surface area contributed by atoms with Gasteiger partial charge in [-0.25, -0.2) is 4.79 Å². The highest BCUT2D eigenvalue weighted by atomic mass is 31.0. The summed E-state index contributed by atoms with van der Waals surface area (Å²) < 4.78 is 3.62. The van der Waals surface area contributed by atoms with Crippen molar-refractivity contribution in [3.8, 4) is 0 Å². The molecule has 1 rings (SSSR count). The Hall–Kier alpha value is -0.430. The van der Waals surface area contributed by atoms with Crippen LogP contribution in [0.25, 0.3) is 0 Å². The van der Waals surface area contributed by atoms with Crippen molar-refractivity contribution in [2.24, 2.45) is 10.7 Å². The first kappa shape index (κ1) is 8.66. The highest BCUT2D eigenvalue weighted by Crippen LogP contribution is 2.31. The molecule has 0 heterocycles. The molecule has 1 aliphatic carbocycles. The summed E-state index contributed by atoms with van der Waals surface area (Å²) in [4.78, 5) is 10.5. The van der Waals surface area contributed by atoms with Gasteiger partial charge in [0.15, 0.2) is 6.04 Å². The third-order valence-electron chi connectivity index (χ3n) is 2.22. The van der Waals surface area contributed by atoms with Gasteiger partial charge in [0, 0.05) is 0 Å². The van der Waals surface area contributed by atoms with Crippen LogP contribution in [-0.2, 0) is 4.79 Å². The molecule has 0 amide bonds. The van der Waals surface area contributed by atoms with E-state index in [4.69, 9.17) is 5.11 Å². The van der Waals surface area contributed by atoms with Crippen LogP contribution in [0.15, 0.2) is 4.74 Å². The van der Waals surface area contributed by atoms with Crippen LogP contribution in [0.2, 0.25) is 0 Å². The van der Waals surface area contributed by atoms with Crippen molar-refractivity contribution in [3.63, 3.8) is 0 Å². The van der Waals surface area contributed by atoms with E-state index in [-0.39, 0.29) is 0 Å². The Morgan fingerprint density at radius 3 is 2.64 bits per heavy atom. The summed E-state index contributed by atoms with van der Waals surface area (Å²) >= 11 is 0. The van der Waals surface area contributed by atoms with Gasteiger partial charge in [-0.1, -0.05) is 19.3 Å². The topological polar surface area (TPSA) is 49.7 Å². The molecule has 3 nitrogen and oxygen atoms in total. The Labute approximate surface area is 68.1 Å². The number of carbonyl (C=O) groups is 1. The summed E-state index contributed by atoms with van der Waals surface area (Å²) in [5, 5.41) is 8.62. The molecule has 11 heavy (non-hydrogen) atoms. The lowest BCUT2D eigenvalue weighted by Gasteiger charge is -2.26. The van der Waals surface area contributed by atoms with Gasteiger partial charge in [0.1, 0.15) is 0 Å². The standard InChI is InChI=1S/C7H12NO2P/c9-7(10)6(8-11)4-5-2-1-3-5/h5-6,11H,1-4H2,(H,9,10). The van der Waals surface area contributed by atoms with E-state index >= 15 is 0 Å². The summed E-state index contributed by atoms with van der Waals surface area (Å²) in [7, 11) is 2.89. The Balaban J connectivity index is 2.30. The zero-order valence-electron chi connectivity index (χ0n) is 6.29. The Morgan fingerprint density at radius 1 is 1.73 bits per heavy atom. The highest BCUT2D eigenvalue weighted by molar-refractivity contribution is 7.04. The summed E-state index contributed by atoms with van der Waals surface area (Å²) in [5.41, 5.74) is 0.